The Morgan fingerprint density at radius 1 is 0.963 bits per heavy atom. The fourth-order valence-corrected chi connectivity index (χ4v) is 2.49. The van der Waals surface area contributed by atoms with Gasteiger partial charge >= 0.3 is 0 Å². The van der Waals surface area contributed by atoms with Gasteiger partial charge in [0.05, 0.1) is 19.8 Å². The van der Waals surface area contributed by atoms with Gasteiger partial charge < -0.3 is 25.3 Å². The Labute approximate surface area is 166 Å². The lowest BCUT2D eigenvalue weighted by Crippen LogP contribution is -2.14. The number of benzene rings is 2. The Kier molecular flexibility index (Phi) is 8.75. The lowest BCUT2D eigenvalue weighted by molar-refractivity contribution is 0.102. The van der Waals surface area contributed by atoms with Crippen molar-refractivity contribution in [2.75, 3.05) is 30.9 Å². The highest BCUT2D eigenvalue weighted by Gasteiger charge is 2.18. The Morgan fingerprint density at radius 3 is 2.04 bits per heavy atom. The van der Waals surface area contributed by atoms with Crippen LogP contribution in [0.4, 0.5) is 11.4 Å². The third kappa shape index (κ3) is 5.69. The Hall–Kier alpha value is -2.60. The third-order valence-electron chi connectivity index (χ3n) is 3.68. The summed E-state index contributed by atoms with van der Waals surface area (Å²) in [5.41, 5.74) is 8.41. The van der Waals surface area contributed by atoms with E-state index in [-0.39, 0.29) is 18.3 Å². The van der Waals surface area contributed by atoms with E-state index in [4.69, 9.17) is 19.9 Å². The first kappa shape index (κ1) is 22.4. The summed E-state index contributed by atoms with van der Waals surface area (Å²) in [6.07, 6.45) is 0. The van der Waals surface area contributed by atoms with Gasteiger partial charge in [0.2, 0.25) is 5.75 Å². The molecule has 0 unspecified atom stereocenters. The maximum atomic E-state index is 12.8. The number of anilines is 2. The normalized spacial score (nSPS) is 9.93. The molecule has 27 heavy (non-hydrogen) atoms. The van der Waals surface area contributed by atoms with Gasteiger partial charge in [-0.15, -0.1) is 12.4 Å². The Morgan fingerprint density at radius 2 is 1.52 bits per heavy atom. The second-order valence-corrected chi connectivity index (χ2v) is 5.63. The smallest absolute Gasteiger partial charge is 0.255 e. The van der Waals surface area contributed by atoms with Gasteiger partial charge in [-0.1, -0.05) is 6.07 Å². The van der Waals surface area contributed by atoms with Crippen molar-refractivity contribution >= 4 is 29.7 Å². The van der Waals surface area contributed by atoms with Crippen molar-refractivity contribution in [1.29, 1.82) is 0 Å². The molecular weight excluding hydrogens is 368 g/mol. The van der Waals surface area contributed by atoms with Crippen molar-refractivity contribution < 1.29 is 19.0 Å². The summed E-state index contributed by atoms with van der Waals surface area (Å²) in [5, 5.41) is 2.89. The second kappa shape index (κ2) is 10.5. The zero-order valence-electron chi connectivity index (χ0n) is 16.1. The standard InChI is InChI=1S/C20H26N2O4.ClH/c1-5-24-17-10-14(11-18(25-6-2)19(17)26-7-3)20(23)22-16-12-15(21)9-8-13(16)4;/h8-12H,5-7,21H2,1-4H3,(H,22,23);1H. The molecule has 0 fully saturated rings. The second-order valence-electron chi connectivity index (χ2n) is 5.63. The number of aryl methyl sites for hydroxylation is 1. The van der Waals surface area contributed by atoms with E-state index in [1.54, 1.807) is 24.3 Å². The highest BCUT2D eigenvalue weighted by atomic mass is 35.5. The molecule has 0 bridgehead atoms. The quantitative estimate of drug-likeness (QED) is 0.646. The van der Waals surface area contributed by atoms with E-state index in [0.717, 1.165) is 5.56 Å². The lowest BCUT2D eigenvalue weighted by atomic mass is 10.1. The van der Waals surface area contributed by atoms with Crippen molar-refractivity contribution in [3.05, 3.63) is 41.5 Å². The minimum atomic E-state index is -0.274. The average Bonchev–Trinajstić information content (AvgIpc) is 2.61. The molecule has 2 aromatic rings. The number of nitrogen functional groups attached to an aromatic ring is 1. The number of ether oxygens (including phenoxy) is 3. The lowest BCUT2D eigenvalue weighted by Gasteiger charge is -2.17. The number of carbonyl (C=O) groups excluding carboxylic acids is 1. The average molecular weight is 395 g/mol. The minimum absolute atomic E-state index is 0. The summed E-state index contributed by atoms with van der Waals surface area (Å²) >= 11 is 0. The number of rotatable bonds is 8. The predicted molar refractivity (Wildman–Crippen MR) is 111 cm³/mol. The van der Waals surface area contributed by atoms with Gasteiger partial charge in [0.25, 0.3) is 5.91 Å². The fraction of sp³-hybridized carbons (Fsp3) is 0.350. The largest absolute Gasteiger partial charge is 0.490 e. The molecule has 0 radical (unpaired) electrons. The molecule has 2 aromatic carbocycles. The van der Waals surface area contributed by atoms with Gasteiger partial charge in [-0.25, -0.2) is 0 Å². The van der Waals surface area contributed by atoms with Crippen molar-refractivity contribution in [2.45, 2.75) is 27.7 Å². The number of nitrogens with two attached hydrogens (primary N) is 1. The van der Waals surface area contributed by atoms with Crippen LogP contribution < -0.4 is 25.3 Å². The zero-order valence-corrected chi connectivity index (χ0v) is 16.9. The minimum Gasteiger partial charge on any atom is -0.490 e. The number of amides is 1. The molecule has 0 aliphatic carbocycles. The summed E-state index contributed by atoms with van der Waals surface area (Å²) in [5.74, 6) is 1.20. The Bertz CT molecular complexity index is 754. The van der Waals surface area contributed by atoms with Crippen LogP contribution in [0.15, 0.2) is 30.3 Å². The van der Waals surface area contributed by atoms with Crippen LogP contribution >= 0.6 is 12.4 Å². The number of carbonyl (C=O) groups is 1. The molecule has 148 valence electrons. The first-order valence-corrected chi connectivity index (χ1v) is 8.74. The summed E-state index contributed by atoms with van der Waals surface area (Å²) < 4.78 is 17.0. The van der Waals surface area contributed by atoms with Gasteiger partial charge in [-0.05, 0) is 57.5 Å². The molecule has 0 spiro atoms. The van der Waals surface area contributed by atoms with E-state index in [1.807, 2.05) is 33.8 Å². The van der Waals surface area contributed by atoms with Gasteiger partial charge in [0.15, 0.2) is 11.5 Å². The van der Waals surface area contributed by atoms with E-state index in [2.05, 4.69) is 5.32 Å². The topological polar surface area (TPSA) is 82.8 Å². The molecule has 1 amide bonds. The first-order valence-electron chi connectivity index (χ1n) is 8.74. The van der Waals surface area contributed by atoms with Gasteiger partial charge in [0, 0.05) is 16.9 Å². The molecule has 3 N–H and O–H groups in total. The van der Waals surface area contributed by atoms with Gasteiger partial charge in [0.1, 0.15) is 0 Å². The maximum Gasteiger partial charge on any atom is 0.255 e. The molecule has 7 heteroatoms. The summed E-state index contributed by atoms with van der Waals surface area (Å²) in [4.78, 5) is 12.8. The van der Waals surface area contributed by atoms with Crippen LogP contribution in [0.1, 0.15) is 36.7 Å². The van der Waals surface area contributed by atoms with E-state index in [1.165, 1.54) is 0 Å². The van der Waals surface area contributed by atoms with Crippen LogP contribution in [0.5, 0.6) is 17.2 Å². The molecule has 0 aliphatic heterocycles. The first-order chi connectivity index (χ1) is 12.5. The molecule has 0 atom stereocenters. The fourth-order valence-electron chi connectivity index (χ4n) is 2.49. The molecule has 0 saturated carbocycles. The SMILES string of the molecule is CCOc1cc(C(=O)Nc2cc(N)ccc2C)cc(OCC)c1OCC.Cl. The summed E-state index contributed by atoms with van der Waals surface area (Å²) in [6, 6.07) is 8.71. The molecule has 0 aromatic heterocycles. The molecule has 2 rings (SSSR count). The van der Waals surface area contributed by atoms with Crippen LogP contribution in [0.2, 0.25) is 0 Å². The Balaban J connectivity index is 0.00000364. The van der Waals surface area contributed by atoms with Gasteiger partial charge in [-0.2, -0.15) is 0 Å². The molecule has 6 nitrogen and oxygen atoms in total. The zero-order chi connectivity index (χ0) is 19.1. The molecule has 0 heterocycles. The third-order valence-corrected chi connectivity index (χ3v) is 3.68. The van der Waals surface area contributed by atoms with Crippen LogP contribution in [-0.4, -0.2) is 25.7 Å². The van der Waals surface area contributed by atoms with Crippen LogP contribution in [-0.2, 0) is 0 Å². The highest BCUT2D eigenvalue weighted by Crippen LogP contribution is 2.39. The van der Waals surface area contributed by atoms with Crippen LogP contribution in [0, 0.1) is 6.92 Å². The van der Waals surface area contributed by atoms with Crippen molar-refractivity contribution in [3.63, 3.8) is 0 Å². The van der Waals surface area contributed by atoms with E-state index in [9.17, 15) is 4.79 Å². The number of halogens is 1. The van der Waals surface area contributed by atoms with Crippen LogP contribution in [0.25, 0.3) is 0 Å². The predicted octanol–water partition coefficient (Wildman–Crippen LogP) is 4.45. The van der Waals surface area contributed by atoms with E-state index >= 15 is 0 Å². The molecule has 0 aliphatic rings. The van der Waals surface area contributed by atoms with E-state index < -0.39 is 0 Å². The van der Waals surface area contributed by atoms with Crippen molar-refractivity contribution in [3.8, 4) is 17.2 Å². The summed E-state index contributed by atoms with van der Waals surface area (Å²) in [7, 11) is 0. The number of nitrogens with one attached hydrogen (secondary N) is 1. The number of hydrogen-bond donors (Lipinski definition) is 2. The summed E-state index contributed by atoms with van der Waals surface area (Å²) in [6.45, 7) is 8.90. The van der Waals surface area contributed by atoms with Crippen LogP contribution in [0.3, 0.4) is 0 Å². The van der Waals surface area contributed by atoms with Crippen molar-refractivity contribution in [1.82, 2.24) is 0 Å². The monoisotopic (exact) mass is 394 g/mol. The number of hydrogen-bond acceptors (Lipinski definition) is 5. The van der Waals surface area contributed by atoms with Gasteiger partial charge in [-0.3, -0.25) is 4.79 Å². The highest BCUT2D eigenvalue weighted by molar-refractivity contribution is 6.05. The van der Waals surface area contributed by atoms with E-state index in [0.29, 0.717) is 54.0 Å². The van der Waals surface area contributed by atoms with Crippen molar-refractivity contribution in [2.24, 2.45) is 0 Å². The molecule has 0 saturated heterocycles. The maximum absolute atomic E-state index is 12.8. The molecular formula is C20H27ClN2O4.